The molecule has 0 unspecified atom stereocenters. The van der Waals surface area contributed by atoms with Crippen LogP contribution in [-0.2, 0) is 6.54 Å². The van der Waals surface area contributed by atoms with Crippen molar-refractivity contribution in [3.8, 4) is 11.5 Å². The quantitative estimate of drug-likeness (QED) is 0.898. The second-order valence-corrected chi connectivity index (χ2v) is 3.54. The molecule has 0 bridgehead atoms. The van der Waals surface area contributed by atoms with Gasteiger partial charge in [-0.25, -0.2) is 0 Å². The highest BCUT2D eigenvalue weighted by molar-refractivity contribution is 9.10. The molecule has 5 nitrogen and oxygen atoms in total. The molecule has 0 fully saturated rings. The molecule has 2 N–H and O–H groups in total. The third-order valence-corrected chi connectivity index (χ3v) is 2.15. The molecule has 2 aromatic heterocycles. The standard InChI is InChI=1S/C8H9BrN4O/c9-8-2-1-7(14-8)6-5-13(4-3-10)12-11-6/h1-2,5H,3-4,10H2. The third-order valence-electron chi connectivity index (χ3n) is 1.72. The molecule has 2 rings (SSSR count). The Labute approximate surface area is 89.0 Å². The normalized spacial score (nSPS) is 10.7. The molecule has 14 heavy (non-hydrogen) atoms. The van der Waals surface area contributed by atoms with E-state index in [1.54, 1.807) is 10.9 Å². The van der Waals surface area contributed by atoms with E-state index in [2.05, 4.69) is 26.2 Å². The lowest BCUT2D eigenvalue weighted by molar-refractivity contribution is 0.553. The molecule has 0 saturated heterocycles. The van der Waals surface area contributed by atoms with Crippen LogP contribution < -0.4 is 5.73 Å². The van der Waals surface area contributed by atoms with Gasteiger partial charge in [-0.05, 0) is 28.1 Å². The van der Waals surface area contributed by atoms with E-state index in [-0.39, 0.29) is 0 Å². The van der Waals surface area contributed by atoms with Crippen molar-refractivity contribution in [1.82, 2.24) is 15.0 Å². The molecule has 2 aromatic rings. The summed E-state index contributed by atoms with van der Waals surface area (Å²) in [6.45, 7) is 1.21. The molecule has 0 amide bonds. The van der Waals surface area contributed by atoms with Gasteiger partial charge in [0.2, 0.25) is 0 Å². The number of halogens is 1. The van der Waals surface area contributed by atoms with Gasteiger partial charge >= 0.3 is 0 Å². The van der Waals surface area contributed by atoms with E-state index in [4.69, 9.17) is 10.2 Å². The molecule has 0 radical (unpaired) electrons. The zero-order valence-corrected chi connectivity index (χ0v) is 8.94. The molecular formula is C8H9BrN4O. The van der Waals surface area contributed by atoms with Crippen LogP contribution in [0.25, 0.3) is 11.5 Å². The minimum Gasteiger partial charge on any atom is -0.448 e. The monoisotopic (exact) mass is 256 g/mol. The summed E-state index contributed by atoms with van der Waals surface area (Å²) < 4.78 is 7.70. The second-order valence-electron chi connectivity index (χ2n) is 2.76. The molecule has 0 aliphatic rings. The zero-order chi connectivity index (χ0) is 9.97. The molecule has 0 aromatic carbocycles. The first kappa shape index (κ1) is 9.42. The Hall–Kier alpha value is -1.14. The van der Waals surface area contributed by atoms with Crippen molar-refractivity contribution >= 4 is 15.9 Å². The summed E-state index contributed by atoms with van der Waals surface area (Å²) in [5.41, 5.74) is 6.11. The predicted octanol–water partition coefficient (Wildman–Crippen LogP) is 1.26. The molecule has 0 saturated carbocycles. The van der Waals surface area contributed by atoms with Gasteiger partial charge in [0.25, 0.3) is 0 Å². The van der Waals surface area contributed by atoms with Crippen LogP contribution in [0.5, 0.6) is 0 Å². The summed E-state index contributed by atoms with van der Waals surface area (Å²) in [4.78, 5) is 0. The summed E-state index contributed by atoms with van der Waals surface area (Å²) in [6, 6.07) is 3.65. The largest absolute Gasteiger partial charge is 0.448 e. The molecule has 74 valence electrons. The summed E-state index contributed by atoms with van der Waals surface area (Å²) in [5.74, 6) is 0.695. The summed E-state index contributed by atoms with van der Waals surface area (Å²) in [7, 11) is 0. The van der Waals surface area contributed by atoms with E-state index >= 15 is 0 Å². The minimum absolute atomic E-state index is 0.546. The molecule has 0 aliphatic heterocycles. The van der Waals surface area contributed by atoms with Crippen molar-refractivity contribution in [2.75, 3.05) is 6.54 Å². The number of aromatic nitrogens is 3. The van der Waals surface area contributed by atoms with E-state index in [0.29, 0.717) is 29.2 Å². The topological polar surface area (TPSA) is 69.9 Å². The van der Waals surface area contributed by atoms with Crippen LogP contribution >= 0.6 is 15.9 Å². The number of furan rings is 1. The fraction of sp³-hybridized carbons (Fsp3) is 0.250. The van der Waals surface area contributed by atoms with Crippen LogP contribution in [-0.4, -0.2) is 21.5 Å². The molecular weight excluding hydrogens is 248 g/mol. The van der Waals surface area contributed by atoms with E-state index in [1.807, 2.05) is 12.1 Å². The van der Waals surface area contributed by atoms with Gasteiger partial charge in [-0.2, -0.15) is 0 Å². The lowest BCUT2D eigenvalue weighted by Gasteiger charge is -1.92. The van der Waals surface area contributed by atoms with Crippen LogP contribution in [0.15, 0.2) is 27.4 Å². The zero-order valence-electron chi connectivity index (χ0n) is 7.35. The van der Waals surface area contributed by atoms with E-state index in [9.17, 15) is 0 Å². The van der Waals surface area contributed by atoms with Gasteiger partial charge in [0.05, 0.1) is 12.7 Å². The van der Waals surface area contributed by atoms with Crippen LogP contribution in [0.2, 0.25) is 0 Å². The fourth-order valence-electron chi connectivity index (χ4n) is 1.10. The SMILES string of the molecule is NCCn1cc(-c2ccc(Br)o2)nn1. The highest BCUT2D eigenvalue weighted by Gasteiger charge is 2.07. The van der Waals surface area contributed by atoms with Gasteiger partial charge in [-0.15, -0.1) is 5.10 Å². The second kappa shape index (κ2) is 3.93. The van der Waals surface area contributed by atoms with Crippen molar-refractivity contribution in [3.63, 3.8) is 0 Å². The predicted molar refractivity (Wildman–Crippen MR) is 54.5 cm³/mol. The molecule has 0 spiro atoms. The maximum Gasteiger partial charge on any atom is 0.169 e. The summed E-state index contributed by atoms with van der Waals surface area (Å²) in [6.07, 6.45) is 1.80. The van der Waals surface area contributed by atoms with Crippen molar-refractivity contribution < 1.29 is 4.42 Å². The van der Waals surface area contributed by atoms with Crippen molar-refractivity contribution in [1.29, 1.82) is 0 Å². The van der Waals surface area contributed by atoms with E-state index in [1.165, 1.54) is 0 Å². The molecule has 0 aliphatic carbocycles. The molecule has 0 atom stereocenters. The number of nitrogens with zero attached hydrogens (tertiary/aromatic N) is 3. The average molecular weight is 257 g/mol. The Bertz CT molecular complexity index is 422. The number of rotatable bonds is 3. The number of nitrogens with two attached hydrogens (primary N) is 1. The summed E-state index contributed by atoms with van der Waals surface area (Å²) in [5, 5.41) is 7.86. The number of hydrogen-bond donors (Lipinski definition) is 1. The van der Waals surface area contributed by atoms with Crippen molar-refractivity contribution in [2.24, 2.45) is 5.73 Å². The minimum atomic E-state index is 0.546. The first-order chi connectivity index (χ1) is 6.79. The summed E-state index contributed by atoms with van der Waals surface area (Å²) >= 11 is 3.23. The lowest BCUT2D eigenvalue weighted by Crippen LogP contribution is -2.10. The van der Waals surface area contributed by atoms with Gasteiger partial charge < -0.3 is 10.2 Å². The Morgan fingerprint density at radius 1 is 1.50 bits per heavy atom. The lowest BCUT2D eigenvalue weighted by atomic mass is 10.4. The molecule has 2 heterocycles. The maximum atomic E-state index is 5.39. The van der Waals surface area contributed by atoms with Crippen LogP contribution in [0.3, 0.4) is 0 Å². The first-order valence-electron chi connectivity index (χ1n) is 4.15. The number of hydrogen-bond acceptors (Lipinski definition) is 4. The first-order valence-corrected chi connectivity index (χ1v) is 4.95. The Morgan fingerprint density at radius 2 is 2.36 bits per heavy atom. The van der Waals surface area contributed by atoms with Crippen LogP contribution in [0.1, 0.15) is 0 Å². The van der Waals surface area contributed by atoms with Gasteiger partial charge in [-0.1, -0.05) is 5.21 Å². The third kappa shape index (κ3) is 1.85. The highest BCUT2D eigenvalue weighted by Crippen LogP contribution is 2.22. The molecule has 6 heteroatoms. The van der Waals surface area contributed by atoms with Crippen LogP contribution in [0, 0.1) is 0 Å². The Morgan fingerprint density at radius 3 is 3.00 bits per heavy atom. The van der Waals surface area contributed by atoms with Gasteiger partial charge in [0.1, 0.15) is 5.69 Å². The Balaban J connectivity index is 2.24. The van der Waals surface area contributed by atoms with Gasteiger partial charge in [0, 0.05) is 6.54 Å². The van der Waals surface area contributed by atoms with Crippen molar-refractivity contribution in [3.05, 3.63) is 23.0 Å². The van der Waals surface area contributed by atoms with E-state index < -0.39 is 0 Å². The van der Waals surface area contributed by atoms with E-state index in [0.717, 1.165) is 0 Å². The smallest absolute Gasteiger partial charge is 0.169 e. The van der Waals surface area contributed by atoms with Gasteiger partial charge in [-0.3, -0.25) is 4.68 Å². The van der Waals surface area contributed by atoms with Crippen molar-refractivity contribution in [2.45, 2.75) is 6.54 Å². The fourth-order valence-corrected chi connectivity index (χ4v) is 1.41. The van der Waals surface area contributed by atoms with Gasteiger partial charge in [0.15, 0.2) is 10.4 Å². The Kier molecular flexibility index (Phi) is 2.64. The highest BCUT2D eigenvalue weighted by atomic mass is 79.9. The van der Waals surface area contributed by atoms with Crippen LogP contribution in [0.4, 0.5) is 0 Å². The maximum absolute atomic E-state index is 5.39. The average Bonchev–Trinajstić information content (AvgIpc) is 2.74.